The molecule has 3 aromatic carbocycles. The summed E-state index contributed by atoms with van der Waals surface area (Å²) in [6, 6.07) is 19.2. The van der Waals surface area contributed by atoms with Gasteiger partial charge >= 0.3 is 0 Å². The predicted molar refractivity (Wildman–Crippen MR) is 122 cm³/mol. The molecule has 144 valence electrons. The lowest BCUT2D eigenvalue weighted by molar-refractivity contribution is 0.302. The summed E-state index contributed by atoms with van der Waals surface area (Å²) < 4.78 is 13.1. The van der Waals surface area contributed by atoms with E-state index < -0.39 is 0 Å². The quantitative estimate of drug-likeness (QED) is 0.299. The van der Waals surface area contributed by atoms with Gasteiger partial charge in [0.15, 0.2) is 0 Å². The van der Waals surface area contributed by atoms with Crippen molar-refractivity contribution < 1.29 is 9.47 Å². The van der Waals surface area contributed by atoms with Gasteiger partial charge in [-0.3, -0.25) is 4.99 Å². The largest absolute Gasteiger partial charge is 0.494 e. The van der Waals surface area contributed by atoms with Crippen LogP contribution in [0.4, 0.5) is 5.69 Å². The Hall–Kier alpha value is -1.82. The van der Waals surface area contributed by atoms with Gasteiger partial charge in [-0.1, -0.05) is 29.8 Å². The minimum absolute atomic E-state index is 0.385. The average Bonchev–Trinajstić information content (AvgIpc) is 2.68. The second kappa shape index (κ2) is 10.1. The number of hydrogen-bond donors (Lipinski definition) is 0. The molecule has 0 aliphatic rings. The van der Waals surface area contributed by atoms with Crippen molar-refractivity contribution in [1.82, 2.24) is 0 Å². The second-order valence-corrected chi connectivity index (χ2v) is 7.99. The van der Waals surface area contributed by atoms with Gasteiger partial charge in [-0.15, -0.1) is 0 Å². The molecule has 0 aliphatic heterocycles. The van der Waals surface area contributed by atoms with Gasteiger partial charge in [-0.25, -0.2) is 0 Å². The Bertz CT molecular complexity index is 952. The van der Waals surface area contributed by atoms with Gasteiger partial charge in [-0.2, -0.15) is 0 Å². The number of aliphatic imine (C=N–C) groups is 1. The average molecular weight is 524 g/mol. The van der Waals surface area contributed by atoms with Gasteiger partial charge in [0, 0.05) is 16.8 Å². The second-order valence-electron chi connectivity index (χ2n) is 5.88. The molecule has 0 spiro atoms. The van der Waals surface area contributed by atoms with Gasteiger partial charge < -0.3 is 9.47 Å². The molecule has 0 aromatic heterocycles. The van der Waals surface area contributed by atoms with Crippen LogP contribution in [0.2, 0.25) is 5.02 Å². The molecule has 0 fully saturated rings. The molecule has 28 heavy (non-hydrogen) atoms. The van der Waals surface area contributed by atoms with Crippen LogP contribution in [0.1, 0.15) is 18.1 Å². The fourth-order valence-corrected chi connectivity index (χ4v) is 4.14. The lowest BCUT2D eigenvalue weighted by Gasteiger charge is -2.12. The van der Waals surface area contributed by atoms with Crippen LogP contribution in [0.5, 0.6) is 11.5 Å². The number of benzene rings is 3. The number of nitrogens with zero attached hydrogens (tertiary/aromatic N) is 1. The minimum Gasteiger partial charge on any atom is -0.494 e. The first-order chi connectivity index (χ1) is 13.6. The summed E-state index contributed by atoms with van der Waals surface area (Å²) in [5, 5.41) is 0.689. The highest BCUT2D eigenvalue weighted by molar-refractivity contribution is 9.11. The van der Waals surface area contributed by atoms with Crippen molar-refractivity contribution >= 4 is 55.4 Å². The van der Waals surface area contributed by atoms with E-state index in [0.717, 1.165) is 37.3 Å². The topological polar surface area (TPSA) is 30.8 Å². The predicted octanol–water partition coefficient (Wildman–Crippen LogP) is 7.59. The first-order valence-electron chi connectivity index (χ1n) is 8.69. The Morgan fingerprint density at radius 3 is 2.29 bits per heavy atom. The maximum absolute atomic E-state index is 6.19. The zero-order valence-corrected chi connectivity index (χ0v) is 19.1. The van der Waals surface area contributed by atoms with E-state index in [1.165, 1.54) is 0 Å². The third-order valence-electron chi connectivity index (χ3n) is 3.86. The highest BCUT2D eigenvalue weighted by Gasteiger charge is 2.10. The molecule has 3 nitrogen and oxygen atoms in total. The maximum Gasteiger partial charge on any atom is 0.148 e. The van der Waals surface area contributed by atoms with Crippen LogP contribution >= 0.6 is 43.5 Å². The van der Waals surface area contributed by atoms with Crippen molar-refractivity contribution in [3.8, 4) is 11.5 Å². The van der Waals surface area contributed by atoms with Crippen molar-refractivity contribution in [2.24, 2.45) is 4.99 Å². The Morgan fingerprint density at radius 1 is 0.964 bits per heavy atom. The maximum atomic E-state index is 6.19. The smallest absolute Gasteiger partial charge is 0.148 e. The molecular weight excluding hydrogens is 506 g/mol. The van der Waals surface area contributed by atoms with Gasteiger partial charge in [0.1, 0.15) is 18.1 Å². The molecule has 0 atom stereocenters. The summed E-state index contributed by atoms with van der Waals surface area (Å²) >= 11 is 13.3. The van der Waals surface area contributed by atoms with E-state index in [1.54, 1.807) is 0 Å². The molecule has 0 saturated heterocycles. The summed E-state index contributed by atoms with van der Waals surface area (Å²) in [5.41, 5.74) is 2.73. The van der Waals surface area contributed by atoms with E-state index in [1.807, 2.05) is 73.8 Å². The monoisotopic (exact) mass is 521 g/mol. The molecule has 6 heteroatoms. The first kappa shape index (κ1) is 20.9. The van der Waals surface area contributed by atoms with E-state index >= 15 is 0 Å². The van der Waals surface area contributed by atoms with E-state index in [0.29, 0.717) is 18.2 Å². The summed E-state index contributed by atoms with van der Waals surface area (Å²) in [7, 11) is 0. The lowest BCUT2D eigenvalue weighted by atomic mass is 10.2. The van der Waals surface area contributed by atoms with Crippen LogP contribution in [0.3, 0.4) is 0 Å². The molecule has 0 radical (unpaired) electrons. The van der Waals surface area contributed by atoms with E-state index in [9.17, 15) is 0 Å². The van der Waals surface area contributed by atoms with Crippen LogP contribution in [0.25, 0.3) is 0 Å². The fourth-order valence-electron chi connectivity index (χ4n) is 2.50. The van der Waals surface area contributed by atoms with Crippen molar-refractivity contribution in [1.29, 1.82) is 0 Å². The Morgan fingerprint density at radius 2 is 1.64 bits per heavy atom. The van der Waals surface area contributed by atoms with E-state index in [-0.39, 0.29) is 0 Å². The highest BCUT2D eigenvalue weighted by atomic mass is 79.9. The molecule has 0 N–H and O–H groups in total. The molecule has 3 rings (SSSR count). The summed E-state index contributed by atoms with van der Waals surface area (Å²) in [5.74, 6) is 1.56. The molecule has 0 saturated carbocycles. The van der Waals surface area contributed by atoms with Crippen molar-refractivity contribution in [3.63, 3.8) is 0 Å². The summed E-state index contributed by atoms with van der Waals surface area (Å²) in [6.07, 6.45) is 1.81. The molecular formula is C22H18Br2ClNO2. The fraction of sp³-hybridized carbons (Fsp3) is 0.136. The van der Waals surface area contributed by atoms with Crippen molar-refractivity contribution in [3.05, 3.63) is 85.8 Å². The molecule has 0 amide bonds. The third-order valence-corrected chi connectivity index (χ3v) is 5.41. The Kier molecular flexibility index (Phi) is 7.54. The van der Waals surface area contributed by atoms with E-state index in [2.05, 4.69) is 36.9 Å². The van der Waals surface area contributed by atoms with Crippen LogP contribution < -0.4 is 9.47 Å². The van der Waals surface area contributed by atoms with E-state index in [4.69, 9.17) is 21.1 Å². The van der Waals surface area contributed by atoms with Crippen LogP contribution in [0.15, 0.2) is 74.6 Å². The highest BCUT2D eigenvalue weighted by Crippen LogP contribution is 2.35. The first-order valence-corrected chi connectivity index (χ1v) is 10.7. The normalized spacial score (nSPS) is 11.0. The van der Waals surface area contributed by atoms with Crippen LogP contribution in [-0.4, -0.2) is 12.8 Å². The van der Waals surface area contributed by atoms with Crippen molar-refractivity contribution in [2.45, 2.75) is 13.5 Å². The summed E-state index contributed by atoms with van der Waals surface area (Å²) in [4.78, 5) is 4.51. The molecule has 0 aliphatic carbocycles. The van der Waals surface area contributed by atoms with Crippen molar-refractivity contribution in [2.75, 3.05) is 6.61 Å². The summed E-state index contributed by atoms with van der Waals surface area (Å²) in [6.45, 7) is 3.00. The Balaban J connectivity index is 1.71. The zero-order chi connectivity index (χ0) is 19.9. The molecule has 0 bridgehead atoms. The molecule has 0 unspecified atom stereocenters. The number of hydrogen-bond acceptors (Lipinski definition) is 3. The number of rotatable bonds is 7. The lowest BCUT2D eigenvalue weighted by Crippen LogP contribution is -1.98. The van der Waals surface area contributed by atoms with Gasteiger partial charge in [0.05, 0.1) is 21.2 Å². The number of ether oxygens (including phenoxy) is 2. The SMILES string of the molecule is CCOc1ccc(N=Cc2cc(Br)c(OCc3ccccc3Cl)c(Br)c2)cc1. The third kappa shape index (κ3) is 5.60. The standard InChI is InChI=1S/C22H18Br2ClNO2/c1-2-27-18-9-7-17(8-10-18)26-13-15-11-19(23)22(20(24)12-15)28-14-16-5-3-4-6-21(16)25/h3-13H,2,14H2,1H3. The Labute approximate surface area is 186 Å². The van der Waals surface area contributed by atoms with Gasteiger partial charge in [0.25, 0.3) is 0 Å². The van der Waals surface area contributed by atoms with Gasteiger partial charge in [0.2, 0.25) is 0 Å². The van der Waals surface area contributed by atoms with Crippen LogP contribution in [0, 0.1) is 0 Å². The minimum atomic E-state index is 0.385. The zero-order valence-electron chi connectivity index (χ0n) is 15.2. The number of halogens is 3. The molecule has 3 aromatic rings. The molecule has 0 heterocycles. The van der Waals surface area contributed by atoms with Gasteiger partial charge in [-0.05, 0) is 86.8 Å². The van der Waals surface area contributed by atoms with Crippen LogP contribution in [-0.2, 0) is 6.61 Å².